The molecule has 0 bridgehead atoms. The van der Waals surface area contributed by atoms with Gasteiger partial charge in [0.05, 0.1) is 12.0 Å². The lowest BCUT2D eigenvalue weighted by Gasteiger charge is -2.13. The topological polar surface area (TPSA) is 67.4 Å². The summed E-state index contributed by atoms with van der Waals surface area (Å²) in [7, 11) is -1.89. The summed E-state index contributed by atoms with van der Waals surface area (Å²) in [5.41, 5.74) is 0.830. The predicted octanol–water partition coefficient (Wildman–Crippen LogP) is 1.49. The Labute approximate surface area is 115 Å². The van der Waals surface area contributed by atoms with E-state index >= 15 is 0 Å². The van der Waals surface area contributed by atoms with Gasteiger partial charge in [0.15, 0.2) is 0 Å². The Morgan fingerprint density at radius 1 is 1.32 bits per heavy atom. The molecule has 0 aromatic heterocycles. The highest BCUT2D eigenvalue weighted by molar-refractivity contribution is 7.89. The Balaban J connectivity index is 3.10. The summed E-state index contributed by atoms with van der Waals surface area (Å²) in [6, 6.07) is 4.75. The number of rotatable bonds is 7. The fourth-order valence-electron chi connectivity index (χ4n) is 1.70. The molecule has 0 fully saturated rings. The molecule has 19 heavy (non-hydrogen) atoms. The van der Waals surface area contributed by atoms with Gasteiger partial charge in [-0.15, -0.1) is 0 Å². The molecule has 6 heteroatoms. The van der Waals surface area contributed by atoms with E-state index in [9.17, 15) is 8.42 Å². The van der Waals surface area contributed by atoms with Crippen LogP contribution in [-0.2, 0) is 16.6 Å². The maximum Gasteiger partial charge on any atom is 0.240 e. The van der Waals surface area contributed by atoms with Crippen LogP contribution in [0.1, 0.15) is 26.3 Å². The van der Waals surface area contributed by atoms with Crippen molar-refractivity contribution in [3.8, 4) is 5.75 Å². The number of ether oxygens (including phenoxy) is 1. The maximum absolute atomic E-state index is 12.1. The van der Waals surface area contributed by atoms with Crippen molar-refractivity contribution in [1.29, 1.82) is 0 Å². The van der Waals surface area contributed by atoms with Gasteiger partial charge in [0.1, 0.15) is 5.75 Å². The van der Waals surface area contributed by atoms with E-state index in [1.165, 1.54) is 0 Å². The Morgan fingerprint density at radius 2 is 2.00 bits per heavy atom. The molecule has 5 nitrogen and oxygen atoms in total. The van der Waals surface area contributed by atoms with Gasteiger partial charge in [-0.3, -0.25) is 0 Å². The van der Waals surface area contributed by atoms with Crippen LogP contribution in [0.3, 0.4) is 0 Å². The van der Waals surface area contributed by atoms with E-state index in [2.05, 4.69) is 10.0 Å². The van der Waals surface area contributed by atoms with E-state index < -0.39 is 10.0 Å². The zero-order valence-electron chi connectivity index (χ0n) is 11.9. The Kier molecular flexibility index (Phi) is 5.78. The van der Waals surface area contributed by atoms with Crippen LogP contribution in [0, 0.1) is 0 Å². The van der Waals surface area contributed by atoms with Gasteiger partial charge in [-0.25, -0.2) is 13.1 Å². The molecule has 0 saturated carbocycles. The molecule has 0 atom stereocenters. The van der Waals surface area contributed by atoms with Crippen LogP contribution < -0.4 is 14.8 Å². The summed E-state index contributed by atoms with van der Waals surface area (Å²) in [6.07, 6.45) is 0. The van der Waals surface area contributed by atoms with Crippen LogP contribution in [0.25, 0.3) is 0 Å². The van der Waals surface area contributed by atoms with Crippen molar-refractivity contribution in [2.24, 2.45) is 0 Å². The maximum atomic E-state index is 12.1. The molecule has 1 aromatic carbocycles. The second kappa shape index (κ2) is 6.88. The third-order valence-corrected chi connectivity index (χ3v) is 4.17. The van der Waals surface area contributed by atoms with E-state index in [-0.39, 0.29) is 10.9 Å². The molecule has 0 unspecified atom stereocenters. The summed E-state index contributed by atoms with van der Waals surface area (Å²) in [5, 5.41) is 3.16. The molecular weight excluding hydrogens is 264 g/mol. The fraction of sp³-hybridized carbons (Fsp3) is 0.538. The quantitative estimate of drug-likeness (QED) is 0.797. The molecule has 0 saturated heterocycles. The summed E-state index contributed by atoms with van der Waals surface area (Å²) in [4.78, 5) is 0.259. The van der Waals surface area contributed by atoms with Crippen LogP contribution >= 0.6 is 0 Å². The van der Waals surface area contributed by atoms with Gasteiger partial charge in [0.25, 0.3) is 0 Å². The molecule has 1 aromatic rings. The monoisotopic (exact) mass is 286 g/mol. The Hall–Kier alpha value is -1.11. The first-order valence-electron chi connectivity index (χ1n) is 6.30. The largest absolute Gasteiger partial charge is 0.496 e. The summed E-state index contributed by atoms with van der Waals surface area (Å²) < 4.78 is 32.0. The normalized spacial score (nSPS) is 11.8. The van der Waals surface area contributed by atoms with Crippen molar-refractivity contribution in [3.05, 3.63) is 23.8 Å². The number of methoxy groups -OCH3 is 1. The van der Waals surface area contributed by atoms with Gasteiger partial charge in [0.2, 0.25) is 10.0 Å². The molecule has 2 N–H and O–H groups in total. The van der Waals surface area contributed by atoms with Crippen LogP contribution in [0.15, 0.2) is 23.1 Å². The molecule has 0 aliphatic carbocycles. The summed E-state index contributed by atoms with van der Waals surface area (Å²) >= 11 is 0. The number of hydrogen-bond donors (Lipinski definition) is 2. The van der Waals surface area contributed by atoms with Crippen LogP contribution in [0.5, 0.6) is 5.75 Å². The lowest BCUT2D eigenvalue weighted by molar-refractivity contribution is 0.407. The van der Waals surface area contributed by atoms with Crippen molar-refractivity contribution in [3.63, 3.8) is 0 Å². The second-order valence-electron chi connectivity index (χ2n) is 4.53. The molecule has 0 spiro atoms. The molecule has 1 rings (SSSR count). The van der Waals surface area contributed by atoms with Crippen molar-refractivity contribution >= 4 is 10.0 Å². The SMILES string of the molecule is CCNCc1cc(S(=O)(=O)NC(C)C)ccc1OC. The van der Waals surface area contributed by atoms with Gasteiger partial charge in [-0.1, -0.05) is 6.92 Å². The number of sulfonamides is 1. The van der Waals surface area contributed by atoms with E-state index in [1.807, 2.05) is 6.92 Å². The van der Waals surface area contributed by atoms with Crippen molar-refractivity contribution in [1.82, 2.24) is 10.0 Å². The average Bonchev–Trinajstić information content (AvgIpc) is 2.34. The number of benzene rings is 1. The summed E-state index contributed by atoms with van der Waals surface area (Å²) in [6.45, 7) is 6.96. The zero-order chi connectivity index (χ0) is 14.5. The third kappa shape index (κ3) is 4.49. The molecule has 0 heterocycles. The minimum Gasteiger partial charge on any atom is -0.496 e. The first kappa shape index (κ1) is 15.9. The Bertz CT molecular complexity index is 513. The van der Waals surface area contributed by atoms with Gasteiger partial charge < -0.3 is 10.1 Å². The smallest absolute Gasteiger partial charge is 0.240 e. The fourth-order valence-corrected chi connectivity index (χ4v) is 3.00. The van der Waals surface area contributed by atoms with Crippen molar-refractivity contribution in [2.45, 2.75) is 38.3 Å². The molecule has 0 aliphatic rings. The van der Waals surface area contributed by atoms with Gasteiger partial charge >= 0.3 is 0 Å². The van der Waals surface area contributed by atoms with Gasteiger partial charge in [0, 0.05) is 18.2 Å². The van der Waals surface area contributed by atoms with Crippen LogP contribution in [0.2, 0.25) is 0 Å². The third-order valence-electron chi connectivity index (χ3n) is 2.52. The first-order chi connectivity index (χ1) is 8.90. The first-order valence-corrected chi connectivity index (χ1v) is 7.79. The van der Waals surface area contributed by atoms with Crippen molar-refractivity contribution < 1.29 is 13.2 Å². The van der Waals surface area contributed by atoms with E-state index in [0.717, 1.165) is 12.1 Å². The minimum atomic E-state index is -3.47. The molecular formula is C13H22N2O3S. The summed E-state index contributed by atoms with van der Waals surface area (Å²) in [5.74, 6) is 0.685. The highest BCUT2D eigenvalue weighted by Crippen LogP contribution is 2.22. The molecule has 108 valence electrons. The molecule has 0 radical (unpaired) electrons. The van der Waals surface area contributed by atoms with Crippen molar-refractivity contribution in [2.75, 3.05) is 13.7 Å². The lowest BCUT2D eigenvalue weighted by atomic mass is 10.2. The van der Waals surface area contributed by atoms with E-state index in [1.54, 1.807) is 39.2 Å². The molecule has 0 aliphatic heterocycles. The van der Waals surface area contributed by atoms with E-state index in [0.29, 0.717) is 12.3 Å². The van der Waals surface area contributed by atoms with Crippen LogP contribution in [-0.4, -0.2) is 28.1 Å². The predicted molar refractivity (Wildman–Crippen MR) is 75.8 cm³/mol. The van der Waals surface area contributed by atoms with E-state index in [4.69, 9.17) is 4.74 Å². The Morgan fingerprint density at radius 3 is 2.53 bits per heavy atom. The number of hydrogen-bond acceptors (Lipinski definition) is 4. The zero-order valence-corrected chi connectivity index (χ0v) is 12.7. The highest BCUT2D eigenvalue weighted by atomic mass is 32.2. The minimum absolute atomic E-state index is 0.135. The van der Waals surface area contributed by atoms with Crippen LogP contribution in [0.4, 0.5) is 0 Å². The van der Waals surface area contributed by atoms with Gasteiger partial charge in [-0.2, -0.15) is 0 Å². The standard InChI is InChI=1S/C13H22N2O3S/c1-5-14-9-11-8-12(6-7-13(11)18-4)19(16,17)15-10(2)3/h6-8,10,14-15H,5,9H2,1-4H3. The average molecular weight is 286 g/mol. The molecule has 0 amide bonds. The second-order valence-corrected chi connectivity index (χ2v) is 6.24. The lowest BCUT2D eigenvalue weighted by Crippen LogP contribution is -2.30. The number of nitrogens with one attached hydrogen (secondary N) is 2. The highest BCUT2D eigenvalue weighted by Gasteiger charge is 2.17. The van der Waals surface area contributed by atoms with Gasteiger partial charge in [-0.05, 0) is 38.6 Å².